The van der Waals surface area contributed by atoms with Crippen molar-refractivity contribution in [1.29, 1.82) is 0 Å². The van der Waals surface area contributed by atoms with E-state index in [2.05, 4.69) is 0 Å². The van der Waals surface area contributed by atoms with Crippen LogP contribution in [0.4, 0.5) is 4.39 Å². The maximum absolute atomic E-state index is 14.2. The first-order valence-electron chi connectivity index (χ1n) is 8.45. The molecule has 0 N–H and O–H groups in total. The summed E-state index contributed by atoms with van der Waals surface area (Å²) in [7, 11) is 0. The molecule has 0 aromatic heterocycles. The molecule has 25 heavy (non-hydrogen) atoms. The average Bonchev–Trinajstić information content (AvgIpc) is 3.18. The maximum Gasteiger partial charge on any atom is 0.343 e. The van der Waals surface area contributed by atoms with E-state index in [0.717, 1.165) is 19.3 Å². The Kier molecular flexibility index (Phi) is 3.96. The second kappa shape index (κ2) is 6.15. The van der Waals surface area contributed by atoms with E-state index in [1.165, 1.54) is 18.2 Å². The zero-order valence-corrected chi connectivity index (χ0v) is 13.9. The predicted molar refractivity (Wildman–Crippen MR) is 89.3 cm³/mol. The molecule has 5 heteroatoms. The van der Waals surface area contributed by atoms with Crippen LogP contribution in [0.1, 0.15) is 36.5 Å². The van der Waals surface area contributed by atoms with E-state index < -0.39 is 17.4 Å². The van der Waals surface area contributed by atoms with Gasteiger partial charge in [0.05, 0.1) is 17.8 Å². The standard InChI is InChI=1S/C20H19FO4/c1-20(12-15-8-10-18(20)23-15)25-17-11-13(7-9-16(17)21)19(22)24-14-5-3-2-4-6-14/h2-7,9,11,15,18H,8,10,12H2,1H3. The fraction of sp³-hybridized carbons (Fsp3) is 0.350. The van der Waals surface area contributed by atoms with Crippen LogP contribution in [0.15, 0.2) is 48.5 Å². The molecule has 2 fully saturated rings. The molecule has 4 rings (SSSR count). The van der Waals surface area contributed by atoms with Crippen LogP contribution in [0.25, 0.3) is 0 Å². The van der Waals surface area contributed by atoms with Crippen LogP contribution in [0.3, 0.4) is 0 Å². The molecule has 2 bridgehead atoms. The number of fused-ring (bicyclic) bond motifs is 2. The SMILES string of the molecule is CC1(Oc2cc(C(=O)Oc3ccccc3)ccc2F)CC2CCC1O2. The van der Waals surface area contributed by atoms with Crippen LogP contribution in [-0.4, -0.2) is 23.8 Å². The molecule has 2 heterocycles. The highest BCUT2D eigenvalue weighted by molar-refractivity contribution is 5.91. The molecule has 2 aliphatic heterocycles. The first kappa shape index (κ1) is 16.1. The van der Waals surface area contributed by atoms with Gasteiger partial charge in [-0.25, -0.2) is 9.18 Å². The number of esters is 1. The summed E-state index contributed by atoms with van der Waals surface area (Å²) in [5.74, 6) is -0.556. The van der Waals surface area contributed by atoms with Crippen LogP contribution in [0, 0.1) is 5.82 Å². The van der Waals surface area contributed by atoms with E-state index in [-0.39, 0.29) is 23.5 Å². The number of para-hydroxylation sites is 1. The van der Waals surface area contributed by atoms with Gasteiger partial charge in [-0.2, -0.15) is 0 Å². The lowest BCUT2D eigenvalue weighted by atomic mass is 9.86. The molecule has 4 nitrogen and oxygen atoms in total. The van der Waals surface area contributed by atoms with E-state index in [1.54, 1.807) is 24.3 Å². The van der Waals surface area contributed by atoms with Gasteiger partial charge in [-0.1, -0.05) is 18.2 Å². The lowest BCUT2D eigenvalue weighted by Crippen LogP contribution is -2.42. The fourth-order valence-corrected chi connectivity index (χ4v) is 3.61. The van der Waals surface area contributed by atoms with Gasteiger partial charge >= 0.3 is 5.97 Å². The molecule has 0 radical (unpaired) electrons. The highest BCUT2D eigenvalue weighted by atomic mass is 19.1. The molecule has 0 spiro atoms. The third kappa shape index (κ3) is 3.12. The predicted octanol–water partition coefficient (Wildman–Crippen LogP) is 4.13. The highest BCUT2D eigenvalue weighted by Gasteiger charge is 2.51. The first-order valence-corrected chi connectivity index (χ1v) is 8.45. The van der Waals surface area contributed by atoms with Gasteiger partial charge in [0.1, 0.15) is 11.4 Å². The molecule has 3 atom stereocenters. The number of hydrogen-bond donors (Lipinski definition) is 0. The Hall–Kier alpha value is -2.40. The first-order chi connectivity index (χ1) is 12.0. The zero-order chi connectivity index (χ0) is 17.4. The minimum Gasteiger partial charge on any atom is -0.482 e. The molecule has 0 aliphatic carbocycles. The van der Waals surface area contributed by atoms with Gasteiger partial charge in [0.25, 0.3) is 0 Å². The van der Waals surface area contributed by atoms with Crippen molar-refractivity contribution >= 4 is 5.97 Å². The normalized spacial score (nSPS) is 27.3. The summed E-state index contributed by atoms with van der Waals surface area (Å²) in [6, 6.07) is 12.8. The van der Waals surface area contributed by atoms with Crippen molar-refractivity contribution in [2.75, 3.05) is 0 Å². The Balaban J connectivity index is 1.53. The second-order valence-electron chi connectivity index (χ2n) is 6.79. The minimum atomic E-state index is -0.564. The number of carbonyl (C=O) groups excluding carboxylic acids is 1. The summed E-state index contributed by atoms with van der Waals surface area (Å²) in [5, 5.41) is 0. The Morgan fingerprint density at radius 1 is 1.20 bits per heavy atom. The summed E-state index contributed by atoms with van der Waals surface area (Å²) in [6.07, 6.45) is 2.82. The van der Waals surface area contributed by atoms with Crippen LogP contribution in [0.2, 0.25) is 0 Å². The monoisotopic (exact) mass is 342 g/mol. The number of benzene rings is 2. The molecule has 0 amide bonds. The molecule has 2 aromatic rings. The molecular formula is C20H19FO4. The van der Waals surface area contributed by atoms with Crippen LogP contribution in [0.5, 0.6) is 11.5 Å². The van der Waals surface area contributed by atoms with Crippen molar-refractivity contribution in [3.8, 4) is 11.5 Å². The molecule has 2 aliphatic rings. The molecule has 0 saturated carbocycles. The Labute approximate surface area is 145 Å². The average molecular weight is 342 g/mol. The van der Waals surface area contributed by atoms with Gasteiger partial charge in [0.15, 0.2) is 11.6 Å². The Morgan fingerprint density at radius 3 is 2.68 bits per heavy atom. The van der Waals surface area contributed by atoms with Gasteiger partial charge in [-0.15, -0.1) is 0 Å². The lowest BCUT2D eigenvalue weighted by molar-refractivity contribution is 0.00210. The van der Waals surface area contributed by atoms with Crippen LogP contribution >= 0.6 is 0 Å². The van der Waals surface area contributed by atoms with Gasteiger partial charge in [-0.3, -0.25) is 0 Å². The van der Waals surface area contributed by atoms with Crippen molar-refractivity contribution in [2.24, 2.45) is 0 Å². The quantitative estimate of drug-likeness (QED) is 0.619. The number of carbonyl (C=O) groups is 1. The third-order valence-corrected chi connectivity index (χ3v) is 4.89. The van der Waals surface area contributed by atoms with Crippen molar-refractivity contribution in [3.63, 3.8) is 0 Å². The number of halogens is 1. The molecule has 2 aromatic carbocycles. The van der Waals surface area contributed by atoms with Gasteiger partial charge < -0.3 is 14.2 Å². The number of ether oxygens (including phenoxy) is 3. The lowest BCUT2D eigenvalue weighted by Gasteiger charge is -2.32. The van der Waals surface area contributed by atoms with Crippen molar-refractivity contribution in [1.82, 2.24) is 0 Å². The molecule has 2 saturated heterocycles. The number of rotatable bonds is 4. The largest absolute Gasteiger partial charge is 0.482 e. The van der Waals surface area contributed by atoms with Crippen molar-refractivity contribution in [2.45, 2.75) is 44.0 Å². The minimum absolute atomic E-state index is 0.0307. The topological polar surface area (TPSA) is 44.8 Å². The van der Waals surface area contributed by atoms with E-state index >= 15 is 0 Å². The third-order valence-electron chi connectivity index (χ3n) is 4.89. The fourth-order valence-electron chi connectivity index (χ4n) is 3.61. The Morgan fingerprint density at radius 2 is 2.00 bits per heavy atom. The smallest absolute Gasteiger partial charge is 0.343 e. The maximum atomic E-state index is 14.2. The van der Waals surface area contributed by atoms with Crippen molar-refractivity contribution in [3.05, 3.63) is 59.9 Å². The van der Waals surface area contributed by atoms with E-state index in [0.29, 0.717) is 5.75 Å². The summed E-state index contributed by atoms with van der Waals surface area (Å²) in [5.41, 5.74) is -0.320. The molecule has 130 valence electrons. The van der Waals surface area contributed by atoms with Crippen molar-refractivity contribution < 1.29 is 23.4 Å². The summed E-state index contributed by atoms with van der Waals surface area (Å²) in [6.45, 7) is 1.94. The molecular weight excluding hydrogens is 323 g/mol. The van der Waals surface area contributed by atoms with Crippen LogP contribution < -0.4 is 9.47 Å². The van der Waals surface area contributed by atoms with Gasteiger partial charge in [-0.05, 0) is 50.1 Å². The zero-order valence-electron chi connectivity index (χ0n) is 13.9. The summed E-state index contributed by atoms with van der Waals surface area (Å²) < 4.78 is 31.3. The van der Waals surface area contributed by atoms with E-state index in [9.17, 15) is 9.18 Å². The molecule has 3 unspecified atom stereocenters. The summed E-state index contributed by atoms with van der Waals surface area (Å²) >= 11 is 0. The Bertz CT molecular complexity index is 792. The second-order valence-corrected chi connectivity index (χ2v) is 6.79. The van der Waals surface area contributed by atoms with E-state index in [1.807, 2.05) is 13.0 Å². The number of hydrogen-bond acceptors (Lipinski definition) is 4. The van der Waals surface area contributed by atoms with E-state index in [4.69, 9.17) is 14.2 Å². The van der Waals surface area contributed by atoms with Gasteiger partial charge in [0.2, 0.25) is 0 Å². The van der Waals surface area contributed by atoms with Crippen LogP contribution in [-0.2, 0) is 4.74 Å². The summed E-state index contributed by atoms with van der Waals surface area (Å²) in [4.78, 5) is 12.3. The van der Waals surface area contributed by atoms with Gasteiger partial charge in [0, 0.05) is 6.42 Å². The highest BCUT2D eigenvalue weighted by Crippen LogP contribution is 2.44.